The molecular weight excluding hydrogens is 470 g/mol. The van der Waals surface area contributed by atoms with Crippen molar-refractivity contribution in [3.8, 4) is 0 Å². The number of nitrogens with one attached hydrogen (secondary N) is 1. The topological polar surface area (TPSA) is 66.5 Å². The van der Waals surface area contributed by atoms with Gasteiger partial charge in [-0.05, 0) is 35.9 Å². The van der Waals surface area contributed by atoms with Gasteiger partial charge in [-0.2, -0.15) is 0 Å². The van der Waals surface area contributed by atoms with Crippen LogP contribution in [0, 0.1) is 11.6 Å². The Labute approximate surface area is 194 Å². The van der Waals surface area contributed by atoms with Crippen LogP contribution in [-0.4, -0.2) is 20.9 Å². The molecule has 168 valence electrons. The Balaban J connectivity index is 2.01. The molecule has 0 atom stereocenters. The highest BCUT2D eigenvalue weighted by Crippen LogP contribution is 2.44. The van der Waals surface area contributed by atoms with Gasteiger partial charge in [0.15, 0.2) is 4.91 Å². The average molecular weight is 487 g/mol. The van der Waals surface area contributed by atoms with Crippen molar-refractivity contribution in [1.82, 2.24) is 0 Å². The Bertz CT molecular complexity index is 1410. The van der Waals surface area contributed by atoms with Crippen molar-refractivity contribution in [2.24, 2.45) is 0 Å². The Hall–Kier alpha value is -3.49. The molecule has 0 fully saturated rings. The van der Waals surface area contributed by atoms with Crippen LogP contribution in [0.3, 0.4) is 0 Å². The summed E-state index contributed by atoms with van der Waals surface area (Å²) in [5, 5.41) is 2.60. The van der Waals surface area contributed by atoms with E-state index in [2.05, 4.69) is 11.9 Å². The van der Waals surface area contributed by atoms with E-state index >= 15 is 0 Å². The van der Waals surface area contributed by atoms with Crippen molar-refractivity contribution in [2.45, 2.75) is 0 Å². The van der Waals surface area contributed by atoms with E-state index in [1.54, 1.807) is 48.5 Å². The molecular formula is C24H17ClF2N2O3S. The zero-order valence-corrected chi connectivity index (χ0v) is 18.6. The summed E-state index contributed by atoms with van der Waals surface area (Å²) in [6.07, 6.45) is 1.39. The minimum absolute atomic E-state index is 0.110. The maximum Gasteiger partial charge on any atom is 0.270 e. The van der Waals surface area contributed by atoms with E-state index in [-0.39, 0.29) is 17.8 Å². The van der Waals surface area contributed by atoms with Gasteiger partial charge in [0.1, 0.15) is 11.6 Å². The number of benzene rings is 3. The highest BCUT2D eigenvalue weighted by Gasteiger charge is 2.41. The summed E-state index contributed by atoms with van der Waals surface area (Å²) in [4.78, 5) is 12.8. The van der Waals surface area contributed by atoms with Crippen LogP contribution < -0.4 is 9.62 Å². The molecule has 0 saturated carbocycles. The predicted molar refractivity (Wildman–Crippen MR) is 125 cm³/mol. The number of hydrogen-bond acceptors (Lipinski definition) is 3. The number of nitrogens with zero attached hydrogens (tertiary/aromatic N) is 1. The second-order valence-electron chi connectivity index (χ2n) is 7.13. The number of carbonyl (C=O) groups excluding carboxylic acids is 1. The Morgan fingerprint density at radius 3 is 2.45 bits per heavy atom. The summed E-state index contributed by atoms with van der Waals surface area (Å²) in [5.74, 6) is -2.94. The van der Waals surface area contributed by atoms with Gasteiger partial charge in [-0.15, -0.1) is 6.58 Å². The lowest BCUT2D eigenvalue weighted by Gasteiger charge is -2.33. The number of halogens is 3. The monoisotopic (exact) mass is 486 g/mol. The number of rotatable bonds is 5. The van der Waals surface area contributed by atoms with Gasteiger partial charge in [-0.25, -0.2) is 17.2 Å². The van der Waals surface area contributed by atoms with Crippen molar-refractivity contribution in [1.29, 1.82) is 0 Å². The first-order valence-electron chi connectivity index (χ1n) is 9.73. The lowest BCUT2D eigenvalue weighted by Crippen LogP contribution is -2.40. The van der Waals surface area contributed by atoms with E-state index < -0.39 is 32.5 Å². The van der Waals surface area contributed by atoms with Crippen LogP contribution in [0.15, 0.2) is 84.3 Å². The van der Waals surface area contributed by atoms with Gasteiger partial charge in [0.05, 0.1) is 17.9 Å². The Kier molecular flexibility index (Phi) is 6.05. The minimum Gasteiger partial charge on any atom is -0.319 e. The Morgan fingerprint density at radius 1 is 1.06 bits per heavy atom. The van der Waals surface area contributed by atoms with Gasteiger partial charge in [-0.3, -0.25) is 9.10 Å². The summed E-state index contributed by atoms with van der Waals surface area (Å²) < 4.78 is 55.9. The highest BCUT2D eigenvalue weighted by atomic mass is 35.5. The van der Waals surface area contributed by atoms with Crippen molar-refractivity contribution < 1.29 is 22.0 Å². The molecule has 5 nitrogen and oxygen atoms in total. The molecule has 0 aliphatic carbocycles. The molecule has 1 amide bonds. The van der Waals surface area contributed by atoms with Crippen LogP contribution >= 0.6 is 11.6 Å². The van der Waals surface area contributed by atoms with Crippen molar-refractivity contribution >= 4 is 44.5 Å². The number of amides is 1. The molecule has 0 bridgehead atoms. The van der Waals surface area contributed by atoms with Gasteiger partial charge in [0.2, 0.25) is 0 Å². The minimum atomic E-state index is -4.40. The number of sulfonamides is 1. The zero-order chi connectivity index (χ0) is 23.8. The summed E-state index contributed by atoms with van der Waals surface area (Å²) in [6.45, 7) is 3.50. The summed E-state index contributed by atoms with van der Waals surface area (Å²) >= 11 is 6.22. The van der Waals surface area contributed by atoms with Crippen LogP contribution in [-0.2, 0) is 14.8 Å². The second kappa shape index (κ2) is 8.80. The average Bonchev–Trinajstić information content (AvgIpc) is 2.77. The first-order valence-corrected chi connectivity index (χ1v) is 11.6. The second-order valence-corrected chi connectivity index (χ2v) is 9.37. The molecule has 1 heterocycles. The molecule has 0 radical (unpaired) electrons. The fraction of sp³-hybridized carbons (Fsp3) is 0.0417. The van der Waals surface area contributed by atoms with Crippen LogP contribution in [0.4, 0.5) is 20.2 Å². The van der Waals surface area contributed by atoms with E-state index in [1.165, 1.54) is 6.08 Å². The third-order valence-corrected chi connectivity index (χ3v) is 7.08. The molecule has 4 rings (SSSR count). The number of fused-ring (bicyclic) bond motifs is 1. The fourth-order valence-electron chi connectivity index (χ4n) is 3.62. The van der Waals surface area contributed by atoms with Gasteiger partial charge in [0.25, 0.3) is 15.9 Å². The van der Waals surface area contributed by atoms with Crippen LogP contribution in [0.5, 0.6) is 0 Å². The maximum absolute atomic E-state index is 14.2. The lowest BCUT2D eigenvalue weighted by atomic mass is 9.95. The smallest absolute Gasteiger partial charge is 0.270 e. The van der Waals surface area contributed by atoms with E-state index in [0.717, 1.165) is 16.4 Å². The quantitative estimate of drug-likeness (QED) is 0.494. The third kappa shape index (κ3) is 4.15. The van der Waals surface area contributed by atoms with Gasteiger partial charge in [-0.1, -0.05) is 48.0 Å². The highest BCUT2D eigenvalue weighted by molar-refractivity contribution is 7.97. The van der Waals surface area contributed by atoms with Gasteiger partial charge in [0, 0.05) is 22.2 Å². The van der Waals surface area contributed by atoms with Crippen molar-refractivity contribution in [3.05, 3.63) is 112 Å². The van der Waals surface area contributed by atoms with Crippen molar-refractivity contribution in [2.75, 3.05) is 16.2 Å². The molecule has 0 spiro atoms. The normalized spacial score (nSPS) is 14.6. The molecule has 3 aromatic carbocycles. The number of carbonyl (C=O) groups is 1. The summed E-state index contributed by atoms with van der Waals surface area (Å²) in [5.41, 5.74) is 0.947. The molecule has 0 unspecified atom stereocenters. The van der Waals surface area contributed by atoms with Crippen LogP contribution in [0.2, 0.25) is 5.02 Å². The summed E-state index contributed by atoms with van der Waals surface area (Å²) in [7, 11) is -4.40. The third-order valence-electron chi connectivity index (χ3n) is 5.01. The summed E-state index contributed by atoms with van der Waals surface area (Å²) in [6, 6.07) is 15.7. The molecule has 1 aliphatic heterocycles. The van der Waals surface area contributed by atoms with E-state index in [9.17, 15) is 22.0 Å². The van der Waals surface area contributed by atoms with Crippen LogP contribution in [0.25, 0.3) is 5.57 Å². The Morgan fingerprint density at radius 2 is 1.79 bits per heavy atom. The van der Waals surface area contributed by atoms with Gasteiger partial charge < -0.3 is 5.32 Å². The fourth-order valence-corrected chi connectivity index (χ4v) is 5.51. The molecule has 1 aliphatic rings. The van der Waals surface area contributed by atoms with E-state index in [4.69, 9.17) is 11.6 Å². The molecule has 1 N–H and O–H groups in total. The molecule has 9 heteroatoms. The SMILES string of the molecule is C=CCN1c2ccc(Cl)cc2C(c2ccccc2)=C(C(=O)Nc2ccc(F)cc2F)S1(=O)=O. The van der Waals surface area contributed by atoms with E-state index in [0.29, 0.717) is 27.9 Å². The van der Waals surface area contributed by atoms with E-state index in [1.807, 2.05) is 0 Å². The molecule has 3 aromatic rings. The maximum atomic E-state index is 14.2. The largest absolute Gasteiger partial charge is 0.319 e. The first kappa shape index (κ1) is 22.7. The first-order chi connectivity index (χ1) is 15.7. The number of anilines is 2. The van der Waals surface area contributed by atoms with Crippen molar-refractivity contribution in [3.63, 3.8) is 0 Å². The standard InChI is InChI=1S/C24H17ClF2N2O3S/c1-2-12-29-21-11-8-16(25)13-18(21)22(15-6-4-3-5-7-15)23(33(29,31)32)24(30)28-20-10-9-17(26)14-19(20)27/h2-11,13-14H,1,12H2,(H,28,30). The predicted octanol–water partition coefficient (Wildman–Crippen LogP) is 5.35. The van der Waals surface area contributed by atoms with Gasteiger partial charge >= 0.3 is 0 Å². The lowest BCUT2D eigenvalue weighted by molar-refractivity contribution is -0.112. The number of hydrogen-bond donors (Lipinski definition) is 1. The molecule has 33 heavy (non-hydrogen) atoms. The molecule has 0 aromatic heterocycles. The van der Waals surface area contributed by atoms with Crippen LogP contribution in [0.1, 0.15) is 11.1 Å². The zero-order valence-electron chi connectivity index (χ0n) is 17.1. The molecule has 0 saturated heterocycles.